The van der Waals surface area contributed by atoms with E-state index in [1.165, 1.54) is 24.3 Å². The van der Waals surface area contributed by atoms with Gasteiger partial charge in [0.2, 0.25) is 5.91 Å². The van der Waals surface area contributed by atoms with Crippen LogP contribution in [0.3, 0.4) is 0 Å². The molecule has 0 radical (unpaired) electrons. The molecule has 2 atom stereocenters. The van der Waals surface area contributed by atoms with E-state index in [0.29, 0.717) is 5.56 Å². The van der Waals surface area contributed by atoms with Crippen molar-refractivity contribution in [2.75, 3.05) is 13.1 Å². The van der Waals surface area contributed by atoms with Crippen molar-refractivity contribution >= 4 is 35.4 Å². The molecule has 2 aromatic carbocycles. The highest BCUT2D eigenvalue weighted by atomic mass is 16.4. The number of amides is 4. The standard InChI is InChI=1S/C25H28N6O6/c1-2-30-19(29-22(33)17-10-8-16(9-11-17)21(26)27)14-31(24(35)23(30)34)18(25(36)37)12-20(32)28-13-15-6-4-3-5-7-15/h3-11,18-19H,2,12-14H2,1H3,(H3,26,27)(H,28,32)(H,29,33)(H,36,37). The Labute approximate surface area is 212 Å². The second-order valence-electron chi connectivity index (χ2n) is 8.35. The lowest BCUT2D eigenvalue weighted by Crippen LogP contribution is -2.67. The third kappa shape index (κ3) is 6.48. The van der Waals surface area contributed by atoms with Crippen LogP contribution in [0, 0.1) is 5.41 Å². The maximum atomic E-state index is 12.8. The number of nitrogen functional groups attached to an aromatic ring is 1. The summed E-state index contributed by atoms with van der Waals surface area (Å²) in [5.74, 6) is -4.86. The molecule has 37 heavy (non-hydrogen) atoms. The number of aliphatic carboxylic acids is 1. The molecule has 0 aromatic heterocycles. The minimum absolute atomic E-state index is 0.0853. The minimum Gasteiger partial charge on any atom is -0.480 e. The molecule has 1 saturated heterocycles. The first-order valence-corrected chi connectivity index (χ1v) is 11.5. The van der Waals surface area contributed by atoms with E-state index in [0.717, 1.165) is 15.4 Å². The van der Waals surface area contributed by atoms with Crippen molar-refractivity contribution in [2.45, 2.75) is 32.1 Å². The van der Waals surface area contributed by atoms with E-state index >= 15 is 0 Å². The zero-order chi connectivity index (χ0) is 27.1. The molecule has 3 rings (SSSR count). The topological polar surface area (TPSA) is 186 Å². The van der Waals surface area contributed by atoms with Gasteiger partial charge in [0.05, 0.1) is 13.0 Å². The van der Waals surface area contributed by atoms with Gasteiger partial charge >= 0.3 is 17.8 Å². The van der Waals surface area contributed by atoms with Crippen molar-refractivity contribution in [1.82, 2.24) is 20.4 Å². The summed E-state index contributed by atoms with van der Waals surface area (Å²) in [5.41, 5.74) is 6.88. The normalized spacial score (nSPS) is 16.2. The van der Waals surface area contributed by atoms with Crippen LogP contribution < -0.4 is 16.4 Å². The number of carbonyl (C=O) groups is 5. The largest absolute Gasteiger partial charge is 0.480 e. The van der Waals surface area contributed by atoms with E-state index in [1.54, 1.807) is 31.2 Å². The molecule has 1 aliphatic rings. The Bertz CT molecular complexity index is 1200. The minimum atomic E-state index is -1.61. The fourth-order valence-corrected chi connectivity index (χ4v) is 3.92. The summed E-state index contributed by atoms with van der Waals surface area (Å²) < 4.78 is 0. The van der Waals surface area contributed by atoms with Gasteiger partial charge in [-0.3, -0.25) is 24.6 Å². The molecule has 0 saturated carbocycles. The number of carboxylic acids is 1. The van der Waals surface area contributed by atoms with Crippen LogP contribution in [0.15, 0.2) is 54.6 Å². The average Bonchev–Trinajstić information content (AvgIpc) is 2.89. The molecular weight excluding hydrogens is 480 g/mol. The average molecular weight is 509 g/mol. The van der Waals surface area contributed by atoms with Crippen LogP contribution in [-0.4, -0.2) is 75.6 Å². The first kappa shape index (κ1) is 26.9. The third-order valence-corrected chi connectivity index (χ3v) is 5.92. The summed E-state index contributed by atoms with van der Waals surface area (Å²) >= 11 is 0. The highest BCUT2D eigenvalue weighted by Gasteiger charge is 2.44. The van der Waals surface area contributed by atoms with Crippen molar-refractivity contribution < 1.29 is 29.1 Å². The number of hydrogen-bond acceptors (Lipinski definition) is 6. The van der Waals surface area contributed by atoms with Crippen molar-refractivity contribution in [3.05, 3.63) is 71.3 Å². The second kappa shape index (κ2) is 11.8. The molecule has 1 aliphatic heterocycles. The van der Waals surface area contributed by atoms with Gasteiger partial charge in [-0.25, -0.2) is 4.79 Å². The Morgan fingerprint density at radius 1 is 1.05 bits per heavy atom. The monoisotopic (exact) mass is 508 g/mol. The molecule has 2 unspecified atom stereocenters. The SMILES string of the molecule is CCN1C(=O)C(=O)N(C(CC(=O)NCc2ccccc2)C(=O)O)CC1NC(=O)c1ccc(C(=N)N)cc1. The van der Waals surface area contributed by atoms with Gasteiger partial charge in [0.15, 0.2) is 0 Å². The number of carboxylic acid groups (broad SMARTS) is 1. The number of likely N-dealkylation sites (N-methyl/N-ethyl adjacent to an activating group) is 1. The van der Waals surface area contributed by atoms with Gasteiger partial charge in [-0.2, -0.15) is 0 Å². The van der Waals surface area contributed by atoms with E-state index < -0.39 is 48.2 Å². The number of nitrogens with two attached hydrogens (primary N) is 1. The number of hydrogen-bond donors (Lipinski definition) is 5. The molecule has 12 heteroatoms. The van der Waals surface area contributed by atoms with Crippen molar-refractivity contribution in [3.8, 4) is 0 Å². The number of nitrogens with zero attached hydrogens (tertiary/aromatic N) is 2. The fraction of sp³-hybridized carbons (Fsp3) is 0.280. The van der Waals surface area contributed by atoms with Crippen molar-refractivity contribution in [2.24, 2.45) is 5.73 Å². The van der Waals surface area contributed by atoms with E-state index in [9.17, 15) is 29.1 Å². The Morgan fingerprint density at radius 2 is 1.68 bits per heavy atom. The highest BCUT2D eigenvalue weighted by molar-refractivity contribution is 6.36. The van der Waals surface area contributed by atoms with Crippen LogP contribution in [-0.2, 0) is 25.7 Å². The maximum Gasteiger partial charge on any atom is 0.326 e. The van der Waals surface area contributed by atoms with E-state index in [-0.39, 0.29) is 31.0 Å². The maximum absolute atomic E-state index is 12.8. The Balaban J connectivity index is 1.74. The molecule has 1 fully saturated rings. The van der Waals surface area contributed by atoms with Gasteiger partial charge in [0.1, 0.15) is 18.0 Å². The van der Waals surface area contributed by atoms with Crippen LogP contribution >= 0.6 is 0 Å². The Morgan fingerprint density at radius 3 is 2.24 bits per heavy atom. The lowest BCUT2D eigenvalue weighted by molar-refractivity contribution is -0.166. The van der Waals surface area contributed by atoms with Crippen LogP contribution in [0.1, 0.15) is 34.8 Å². The van der Waals surface area contributed by atoms with E-state index in [2.05, 4.69) is 10.6 Å². The van der Waals surface area contributed by atoms with Crippen LogP contribution in [0.25, 0.3) is 0 Å². The number of benzene rings is 2. The summed E-state index contributed by atoms with van der Waals surface area (Å²) in [4.78, 5) is 64.9. The van der Waals surface area contributed by atoms with Gasteiger partial charge in [-0.1, -0.05) is 42.5 Å². The van der Waals surface area contributed by atoms with E-state index in [4.69, 9.17) is 11.1 Å². The zero-order valence-electron chi connectivity index (χ0n) is 20.1. The van der Waals surface area contributed by atoms with Crippen LogP contribution in [0.5, 0.6) is 0 Å². The van der Waals surface area contributed by atoms with E-state index in [1.807, 2.05) is 6.07 Å². The molecule has 12 nitrogen and oxygen atoms in total. The molecular formula is C25H28N6O6. The van der Waals surface area contributed by atoms with Crippen molar-refractivity contribution in [1.29, 1.82) is 5.41 Å². The predicted molar refractivity (Wildman–Crippen MR) is 132 cm³/mol. The molecule has 2 aromatic rings. The molecule has 6 N–H and O–H groups in total. The number of nitrogens with one attached hydrogen (secondary N) is 3. The number of amidine groups is 1. The number of carbonyl (C=O) groups excluding carboxylic acids is 4. The zero-order valence-corrected chi connectivity index (χ0v) is 20.1. The lowest BCUT2D eigenvalue weighted by Gasteiger charge is -2.42. The number of rotatable bonds is 10. The van der Waals surface area contributed by atoms with Gasteiger partial charge in [-0.15, -0.1) is 0 Å². The highest BCUT2D eigenvalue weighted by Crippen LogP contribution is 2.17. The summed E-state index contributed by atoms with van der Waals surface area (Å²) in [6.07, 6.45) is -1.59. The smallest absolute Gasteiger partial charge is 0.326 e. The lowest BCUT2D eigenvalue weighted by atomic mass is 10.1. The molecule has 0 bridgehead atoms. The predicted octanol–water partition coefficient (Wildman–Crippen LogP) is -0.123. The first-order valence-electron chi connectivity index (χ1n) is 11.5. The second-order valence-corrected chi connectivity index (χ2v) is 8.35. The molecule has 0 aliphatic carbocycles. The molecule has 0 spiro atoms. The first-order chi connectivity index (χ1) is 17.6. The van der Waals surface area contributed by atoms with Gasteiger partial charge in [0, 0.05) is 24.2 Å². The molecule has 1 heterocycles. The fourth-order valence-electron chi connectivity index (χ4n) is 3.92. The third-order valence-electron chi connectivity index (χ3n) is 5.92. The quantitative estimate of drug-likeness (QED) is 0.168. The molecule has 194 valence electrons. The van der Waals surface area contributed by atoms with Gasteiger partial charge in [0.25, 0.3) is 5.91 Å². The van der Waals surface area contributed by atoms with Gasteiger partial charge < -0.3 is 31.3 Å². The summed E-state index contributed by atoms with van der Waals surface area (Å²) in [6.45, 7) is 1.55. The summed E-state index contributed by atoms with van der Waals surface area (Å²) in [6, 6.07) is 13.3. The Hall–Kier alpha value is -4.74. The van der Waals surface area contributed by atoms with Crippen LogP contribution in [0.4, 0.5) is 0 Å². The van der Waals surface area contributed by atoms with Gasteiger partial charge in [-0.05, 0) is 24.6 Å². The number of piperazine rings is 1. The molecule has 4 amide bonds. The summed E-state index contributed by atoms with van der Waals surface area (Å²) in [5, 5.41) is 22.5. The van der Waals surface area contributed by atoms with Crippen LogP contribution in [0.2, 0.25) is 0 Å². The summed E-state index contributed by atoms with van der Waals surface area (Å²) in [7, 11) is 0. The Kier molecular flexibility index (Phi) is 8.56. The van der Waals surface area contributed by atoms with Crippen molar-refractivity contribution in [3.63, 3.8) is 0 Å².